The van der Waals surface area contributed by atoms with Crippen molar-refractivity contribution in [2.45, 2.75) is 65.6 Å². The van der Waals surface area contributed by atoms with Crippen LogP contribution in [-0.2, 0) is 17.9 Å². The van der Waals surface area contributed by atoms with E-state index in [9.17, 15) is 9.90 Å². The van der Waals surface area contributed by atoms with Crippen LogP contribution in [0, 0.1) is 26.3 Å². The van der Waals surface area contributed by atoms with E-state index in [0.717, 1.165) is 47.8 Å². The topological polar surface area (TPSA) is 98.0 Å². The molecule has 0 saturated carbocycles. The Morgan fingerprint density at radius 3 is 2.61 bits per heavy atom. The van der Waals surface area contributed by atoms with Crippen molar-refractivity contribution in [3.63, 3.8) is 0 Å². The first-order chi connectivity index (χ1) is 18.0. The molecule has 1 heterocycles. The predicted octanol–water partition coefficient (Wildman–Crippen LogP) is 7.10. The summed E-state index contributed by atoms with van der Waals surface area (Å²) in [4.78, 5) is 14.4. The molecule has 1 aliphatic heterocycles. The highest BCUT2D eigenvalue weighted by Crippen LogP contribution is 2.39. The summed E-state index contributed by atoms with van der Waals surface area (Å²) in [6.45, 7) is 12.6. The lowest BCUT2D eigenvalue weighted by molar-refractivity contribution is -0.137. The monoisotopic (exact) mass is 514 g/mol. The van der Waals surface area contributed by atoms with Gasteiger partial charge in [0.25, 0.3) is 0 Å². The SMILES string of the molecule is CNc1ccc([C@@H](CC(=O)O)c2ccc(C)c(CN3Cc4ccc(C)cc4OC(C)(C)C3)c2)c(C)c1N=N. The van der Waals surface area contributed by atoms with E-state index < -0.39 is 5.97 Å². The van der Waals surface area contributed by atoms with Gasteiger partial charge in [0.05, 0.1) is 12.1 Å². The molecule has 3 N–H and O–H groups in total. The predicted molar refractivity (Wildman–Crippen MR) is 151 cm³/mol. The third-order valence-corrected chi connectivity index (χ3v) is 7.38. The third kappa shape index (κ3) is 5.89. The van der Waals surface area contributed by atoms with E-state index in [2.05, 4.69) is 73.4 Å². The summed E-state index contributed by atoms with van der Waals surface area (Å²) >= 11 is 0. The fourth-order valence-corrected chi connectivity index (χ4v) is 5.50. The van der Waals surface area contributed by atoms with Crippen molar-refractivity contribution in [1.29, 1.82) is 5.53 Å². The summed E-state index contributed by atoms with van der Waals surface area (Å²) in [6.07, 6.45) is -0.0446. The Labute approximate surface area is 225 Å². The number of anilines is 1. The van der Waals surface area contributed by atoms with Crippen molar-refractivity contribution < 1.29 is 14.6 Å². The fraction of sp³-hybridized carbons (Fsp3) is 0.387. The van der Waals surface area contributed by atoms with Crippen LogP contribution in [0.5, 0.6) is 5.75 Å². The first kappa shape index (κ1) is 27.3. The number of nitrogens with one attached hydrogen (secondary N) is 2. The molecule has 0 saturated heterocycles. The second kappa shape index (κ2) is 11.0. The number of benzene rings is 3. The molecule has 38 heavy (non-hydrogen) atoms. The van der Waals surface area contributed by atoms with Gasteiger partial charge >= 0.3 is 5.97 Å². The zero-order chi connectivity index (χ0) is 27.6. The molecule has 1 aliphatic rings. The Bertz CT molecular complexity index is 1370. The third-order valence-electron chi connectivity index (χ3n) is 7.38. The van der Waals surface area contributed by atoms with E-state index >= 15 is 0 Å². The van der Waals surface area contributed by atoms with Gasteiger partial charge in [-0.3, -0.25) is 9.69 Å². The molecule has 3 aromatic carbocycles. The van der Waals surface area contributed by atoms with Gasteiger partial charge in [0.2, 0.25) is 0 Å². The molecule has 0 unspecified atom stereocenters. The number of ether oxygens (including phenoxy) is 1. The molecule has 3 aromatic rings. The number of rotatable bonds is 8. The van der Waals surface area contributed by atoms with Crippen LogP contribution < -0.4 is 10.1 Å². The average Bonchev–Trinajstić information content (AvgIpc) is 2.97. The minimum atomic E-state index is -0.864. The number of hydrogen-bond donors (Lipinski definition) is 3. The van der Waals surface area contributed by atoms with Crippen molar-refractivity contribution in [3.05, 3.63) is 87.5 Å². The van der Waals surface area contributed by atoms with Gasteiger partial charge in [-0.25, -0.2) is 5.53 Å². The number of carboxylic acids is 1. The average molecular weight is 515 g/mol. The van der Waals surface area contributed by atoms with Crippen LogP contribution in [0.25, 0.3) is 0 Å². The number of aliphatic carboxylic acids is 1. The van der Waals surface area contributed by atoms with Crippen molar-refractivity contribution in [2.75, 3.05) is 18.9 Å². The molecule has 0 aromatic heterocycles. The quantitative estimate of drug-likeness (QED) is 0.279. The lowest BCUT2D eigenvalue weighted by atomic mass is 9.84. The van der Waals surface area contributed by atoms with Gasteiger partial charge in [-0.05, 0) is 80.1 Å². The lowest BCUT2D eigenvalue weighted by Gasteiger charge is -2.30. The minimum absolute atomic E-state index is 0.0446. The van der Waals surface area contributed by atoms with E-state index in [-0.39, 0.29) is 17.9 Å². The highest BCUT2D eigenvalue weighted by molar-refractivity contribution is 5.73. The number of aryl methyl sites for hydroxylation is 2. The van der Waals surface area contributed by atoms with E-state index in [1.54, 1.807) is 7.05 Å². The summed E-state index contributed by atoms with van der Waals surface area (Å²) in [7, 11) is 1.79. The van der Waals surface area contributed by atoms with Crippen molar-refractivity contribution in [1.82, 2.24) is 4.90 Å². The Hall–Kier alpha value is -3.71. The number of fused-ring (bicyclic) bond motifs is 1. The number of hydrogen-bond acceptors (Lipinski definition) is 6. The van der Waals surface area contributed by atoms with Gasteiger partial charge in [0, 0.05) is 38.2 Å². The molecule has 0 amide bonds. The Balaban J connectivity index is 1.71. The summed E-state index contributed by atoms with van der Waals surface area (Å²) in [5.41, 5.74) is 16.0. The lowest BCUT2D eigenvalue weighted by Crippen LogP contribution is -2.40. The largest absolute Gasteiger partial charge is 0.486 e. The van der Waals surface area contributed by atoms with Gasteiger partial charge in [-0.2, -0.15) is 5.11 Å². The van der Waals surface area contributed by atoms with E-state index in [1.165, 1.54) is 22.3 Å². The molecule has 1 atom stereocenters. The van der Waals surface area contributed by atoms with Gasteiger partial charge in [-0.1, -0.05) is 36.4 Å². The summed E-state index contributed by atoms with van der Waals surface area (Å²) in [5.74, 6) is -0.275. The molecule has 200 valence electrons. The maximum absolute atomic E-state index is 12.0. The normalized spacial score (nSPS) is 15.6. The molecular weight excluding hydrogens is 476 g/mol. The molecule has 4 rings (SSSR count). The molecule has 0 bridgehead atoms. The van der Waals surface area contributed by atoms with Gasteiger partial charge in [0.1, 0.15) is 17.0 Å². The van der Waals surface area contributed by atoms with Crippen LogP contribution >= 0.6 is 0 Å². The van der Waals surface area contributed by atoms with Crippen LogP contribution in [-0.4, -0.2) is 35.2 Å². The standard InChI is InChI=1S/C31H38N4O3/c1-19-7-9-23-16-35(18-31(4,5)38-28(23)13-19)17-24-14-22(10-8-20(24)2)26(15-29(36)37)25-11-12-27(33-6)30(34-32)21(25)3/h7-14,26,32-33H,15-18H2,1-6H3,(H,36,37)/t26-/m0/s1. The van der Waals surface area contributed by atoms with Crippen molar-refractivity contribution in [2.24, 2.45) is 5.11 Å². The smallest absolute Gasteiger partial charge is 0.304 e. The summed E-state index contributed by atoms with van der Waals surface area (Å²) in [5, 5.41) is 16.6. The Morgan fingerprint density at radius 2 is 1.92 bits per heavy atom. The van der Waals surface area contributed by atoms with Gasteiger partial charge in [-0.15, -0.1) is 0 Å². The van der Waals surface area contributed by atoms with Crippen LogP contribution in [0.15, 0.2) is 53.6 Å². The molecule has 0 radical (unpaired) electrons. The van der Waals surface area contributed by atoms with E-state index in [1.807, 2.05) is 25.1 Å². The highest BCUT2D eigenvalue weighted by atomic mass is 16.5. The Morgan fingerprint density at radius 1 is 1.16 bits per heavy atom. The molecular formula is C31H38N4O3. The first-order valence-electron chi connectivity index (χ1n) is 13.0. The Kier molecular flexibility index (Phi) is 7.88. The maximum atomic E-state index is 12.0. The van der Waals surface area contributed by atoms with Crippen LogP contribution in [0.3, 0.4) is 0 Å². The molecule has 0 spiro atoms. The molecule has 7 heteroatoms. The number of nitrogens with zero attached hydrogens (tertiary/aromatic N) is 2. The molecule has 7 nitrogen and oxygen atoms in total. The van der Waals surface area contributed by atoms with E-state index in [0.29, 0.717) is 5.69 Å². The fourth-order valence-electron chi connectivity index (χ4n) is 5.50. The number of carboxylic acid groups (broad SMARTS) is 1. The van der Waals surface area contributed by atoms with Crippen LogP contribution in [0.2, 0.25) is 0 Å². The summed E-state index contributed by atoms with van der Waals surface area (Å²) in [6, 6.07) is 16.5. The van der Waals surface area contributed by atoms with Crippen molar-refractivity contribution >= 4 is 17.3 Å². The number of carbonyl (C=O) groups is 1. The van der Waals surface area contributed by atoms with E-state index in [4.69, 9.17) is 10.3 Å². The molecule has 0 aliphatic carbocycles. The second-order valence-electron chi connectivity index (χ2n) is 11.0. The highest BCUT2D eigenvalue weighted by Gasteiger charge is 2.30. The van der Waals surface area contributed by atoms with Gasteiger partial charge in [0.15, 0.2) is 0 Å². The molecule has 0 fully saturated rings. The van der Waals surface area contributed by atoms with Gasteiger partial charge < -0.3 is 15.2 Å². The zero-order valence-electron chi connectivity index (χ0n) is 23.2. The zero-order valence-corrected chi connectivity index (χ0v) is 23.2. The minimum Gasteiger partial charge on any atom is -0.486 e. The van der Waals surface area contributed by atoms with Crippen LogP contribution in [0.4, 0.5) is 11.4 Å². The van der Waals surface area contributed by atoms with Crippen molar-refractivity contribution in [3.8, 4) is 5.75 Å². The maximum Gasteiger partial charge on any atom is 0.304 e. The second-order valence-corrected chi connectivity index (χ2v) is 11.0. The summed E-state index contributed by atoms with van der Waals surface area (Å²) < 4.78 is 6.40. The van der Waals surface area contributed by atoms with Crippen LogP contribution in [0.1, 0.15) is 65.1 Å². The first-order valence-corrected chi connectivity index (χ1v) is 13.0.